The number of hydrogen-bond acceptors (Lipinski definition) is 1. The second-order valence-electron chi connectivity index (χ2n) is 11.6. The normalized spacial score (nSPS) is 14.4. The third-order valence-electron chi connectivity index (χ3n) is 9.19. The van der Waals surface area contributed by atoms with Crippen LogP contribution < -0.4 is 4.90 Å². The fraction of sp³-hybridized carbons (Fsp3) is 0.0698. The van der Waals surface area contributed by atoms with Gasteiger partial charge in [0, 0.05) is 17.1 Å². The number of nitrogens with zero attached hydrogens (tertiary/aromatic N) is 1. The largest absolute Gasteiger partial charge is 0.311 e. The Hall–Kier alpha value is -5.40. The lowest BCUT2D eigenvalue weighted by Gasteiger charge is -2.35. The summed E-state index contributed by atoms with van der Waals surface area (Å²) in [6.45, 7) is 0. The molecule has 0 heterocycles. The Kier molecular flexibility index (Phi) is 6.57. The van der Waals surface area contributed by atoms with Gasteiger partial charge >= 0.3 is 0 Å². The highest BCUT2D eigenvalue weighted by Gasteiger charge is 2.46. The lowest BCUT2D eigenvalue weighted by Crippen LogP contribution is -2.29. The minimum Gasteiger partial charge on any atom is -0.311 e. The summed E-state index contributed by atoms with van der Waals surface area (Å²) in [4.78, 5) is 2.30. The van der Waals surface area contributed by atoms with Gasteiger partial charge in [-0.05, 0) is 93.8 Å². The van der Waals surface area contributed by atoms with Gasteiger partial charge in [-0.15, -0.1) is 0 Å². The average molecular weight is 564 g/mol. The molecule has 0 N–H and O–H groups in total. The summed E-state index contributed by atoms with van der Waals surface area (Å²) in [6, 6.07) is 57.3. The predicted octanol–water partition coefficient (Wildman–Crippen LogP) is 11.4. The maximum Gasteiger partial charge on any atom is 0.0710 e. The third-order valence-corrected chi connectivity index (χ3v) is 9.19. The van der Waals surface area contributed by atoms with Crippen LogP contribution >= 0.6 is 0 Å². The molecule has 0 bridgehead atoms. The number of hydrogen-bond donors (Lipinski definition) is 0. The van der Waals surface area contributed by atoms with Gasteiger partial charge in [0.25, 0.3) is 0 Å². The van der Waals surface area contributed by atoms with Crippen LogP contribution in [0.2, 0.25) is 0 Å². The fourth-order valence-electron chi connectivity index (χ4n) is 7.23. The highest BCUT2D eigenvalue weighted by Crippen LogP contribution is 2.57. The van der Waals surface area contributed by atoms with Crippen molar-refractivity contribution in [3.63, 3.8) is 0 Å². The van der Waals surface area contributed by atoms with E-state index >= 15 is 0 Å². The topological polar surface area (TPSA) is 3.24 Å². The molecule has 6 aromatic carbocycles. The monoisotopic (exact) mass is 563 g/mol. The molecular weight excluding hydrogens is 530 g/mol. The summed E-state index contributed by atoms with van der Waals surface area (Å²) in [6.07, 6.45) is 9.33. The molecule has 0 radical (unpaired) electrons. The molecule has 0 atom stereocenters. The zero-order valence-electron chi connectivity index (χ0n) is 24.6. The first kappa shape index (κ1) is 26.2. The molecule has 0 spiro atoms. The van der Waals surface area contributed by atoms with Crippen molar-refractivity contribution in [1.82, 2.24) is 0 Å². The highest BCUT2D eigenvalue weighted by molar-refractivity contribution is 5.87. The van der Waals surface area contributed by atoms with E-state index in [4.69, 9.17) is 0 Å². The molecule has 2 aliphatic carbocycles. The van der Waals surface area contributed by atoms with E-state index in [0.717, 1.165) is 29.9 Å². The van der Waals surface area contributed by atoms with Crippen LogP contribution in [0.5, 0.6) is 0 Å². The molecule has 0 aromatic heterocycles. The van der Waals surface area contributed by atoms with E-state index in [0.29, 0.717) is 0 Å². The van der Waals surface area contributed by atoms with Crippen LogP contribution in [-0.4, -0.2) is 0 Å². The Morgan fingerprint density at radius 1 is 0.432 bits per heavy atom. The number of anilines is 3. The molecule has 44 heavy (non-hydrogen) atoms. The van der Waals surface area contributed by atoms with Gasteiger partial charge in [0.2, 0.25) is 0 Å². The van der Waals surface area contributed by atoms with Crippen molar-refractivity contribution in [3.05, 3.63) is 198 Å². The van der Waals surface area contributed by atoms with Crippen LogP contribution in [0.1, 0.15) is 29.5 Å². The summed E-state index contributed by atoms with van der Waals surface area (Å²) in [5.74, 6) is 0. The van der Waals surface area contributed by atoms with Crippen molar-refractivity contribution in [3.8, 4) is 22.3 Å². The molecule has 2 aliphatic rings. The van der Waals surface area contributed by atoms with Gasteiger partial charge < -0.3 is 4.90 Å². The second kappa shape index (κ2) is 11.0. The van der Waals surface area contributed by atoms with E-state index in [-0.39, 0.29) is 5.41 Å². The van der Waals surface area contributed by atoms with Crippen molar-refractivity contribution in [1.29, 1.82) is 0 Å². The summed E-state index contributed by atoms with van der Waals surface area (Å²) in [5, 5.41) is 0. The molecular formula is C43H33N. The molecule has 0 aliphatic heterocycles. The second-order valence-corrected chi connectivity index (χ2v) is 11.6. The number of fused-ring (bicyclic) bond motifs is 3. The van der Waals surface area contributed by atoms with Gasteiger partial charge in [-0.3, -0.25) is 0 Å². The Bertz CT molecular complexity index is 1900. The zero-order valence-corrected chi connectivity index (χ0v) is 24.6. The summed E-state index contributed by atoms with van der Waals surface area (Å²) in [7, 11) is 0. The molecule has 1 heteroatoms. The molecule has 0 amide bonds. The maximum atomic E-state index is 2.46. The van der Waals surface area contributed by atoms with Gasteiger partial charge in [-0.1, -0.05) is 140 Å². The van der Waals surface area contributed by atoms with Crippen molar-refractivity contribution in [2.45, 2.75) is 18.3 Å². The van der Waals surface area contributed by atoms with Crippen LogP contribution in [0.15, 0.2) is 182 Å². The number of benzene rings is 6. The molecule has 8 rings (SSSR count). The van der Waals surface area contributed by atoms with Crippen molar-refractivity contribution in [2.75, 3.05) is 4.90 Å². The first-order chi connectivity index (χ1) is 21.8. The molecule has 0 fully saturated rings. The summed E-state index contributed by atoms with van der Waals surface area (Å²) < 4.78 is 0. The summed E-state index contributed by atoms with van der Waals surface area (Å²) in [5.41, 5.74) is 13.6. The zero-order chi connectivity index (χ0) is 29.3. The molecule has 1 nitrogen and oxygen atoms in total. The lowest BCUT2D eigenvalue weighted by molar-refractivity contribution is 0.751. The number of para-hydroxylation sites is 2. The van der Waals surface area contributed by atoms with Crippen molar-refractivity contribution < 1.29 is 0 Å². The van der Waals surface area contributed by atoms with Crippen LogP contribution in [0, 0.1) is 0 Å². The van der Waals surface area contributed by atoms with Gasteiger partial charge in [-0.25, -0.2) is 0 Å². The van der Waals surface area contributed by atoms with E-state index in [1.54, 1.807) is 0 Å². The first-order valence-electron chi connectivity index (χ1n) is 15.5. The van der Waals surface area contributed by atoms with Crippen LogP contribution in [-0.2, 0) is 5.41 Å². The molecule has 6 aromatic rings. The minimum atomic E-state index is -0.321. The van der Waals surface area contributed by atoms with Crippen molar-refractivity contribution >= 4 is 17.1 Å². The molecule has 210 valence electrons. The van der Waals surface area contributed by atoms with Crippen LogP contribution in [0.25, 0.3) is 22.3 Å². The Morgan fingerprint density at radius 2 is 0.909 bits per heavy atom. The molecule has 0 saturated heterocycles. The standard InChI is InChI=1S/C43H33N/c1-4-14-34(15-5-1)43(41-22-12-10-20-39(41)40-21-11-13-23-42(40)43)35-28-24-32(25-29-35)33-26-30-38(31-27-33)44(36-16-6-2-7-17-36)37-18-8-3-9-19-37/h2-4,6-31H,1,5H2. The van der Waals surface area contributed by atoms with E-state index in [9.17, 15) is 0 Å². The van der Waals surface area contributed by atoms with Gasteiger partial charge in [0.05, 0.1) is 5.41 Å². The number of allylic oxidation sites excluding steroid dienone is 4. The van der Waals surface area contributed by atoms with E-state index in [1.807, 2.05) is 0 Å². The van der Waals surface area contributed by atoms with Gasteiger partial charge in [0.15, 0.2) is 0 Å². The van der Waals surface area contributed by atoms with Gasteiger partial charge in [0.1, 0.15) is 0 Å². The molecule has 0 unspecified atom stereocenters. The maximum absolute atomic E-state index is 2.46. The average Bonchev–Trinajstić information content (AvgIpc) is 3.41. The predicted molar refractivity (Wildman–Crippen MR) is 185 cm³/mol. The lowest BCUT2D eigenvalue weighted by atomic mass is 9.66. The minimum absolute atomic E-state index is 0.321. The molecule has 0 saturated carbocycles. The Morgan fingerprint density at radius 3 is 1.43 bits per heavy atom. The van der Waals surface area contributed by atoms with Crippen molar-refractivity contribution in [2.24, 2.45) is 0 Å². The Balaban J connectivity index is 1.20. The SMILES string of the molecule is C1=CC(C2(c3ccc(-c4ccc(N(c5ccccc5)c5ccccc5)cc4)cc3)c3ccccc3-c3ccccc32)=CCC1. The smallest absolute Gasteiger partial charge is 0.0710 e. The van der Waals surface area contributed by atoms with Gasteiger partial charge in [-0.2, -0.15) is 0 Å². The van der Waals surface area contributed by atoms with E-state index in [2.05, 4.69) is 181 Å². The number of rotatable bonds is 6. The first-order valence-corrected chi connectivity index (χ1v) is 15.5. The third kappa shape index (κ3) is 4.24. The Labute approximate surface area is 260 Å². The highest BCUT2D eigenvalue weighted by atomic mass is 15.1. The quantitative estimate of drug-likeness (QED) is 0.195. The van der Waals surface area contributed by atoms with E-state index in [1.165, 1.54) is 44.5 Å². The fourth-order valence-corrected chi connectivity index (χ4v) is 7.23. The van der Waals surface area contributed by atoms with Crippen LogP contribution in [0.3, 0.4) is 0 Å². The van der Waals surface area contributed by atoms with Crippen LogP contribution in [0.4, 0.5) is 17.1 Å². The summed E-state index contributed by atoms with van der Waals surface area (Å²) >= 11 is 0. The van der Waals surface area contributed by atoms with E-state index < -0.39 is 0 Å².